The van der Waals surface area contributed by atoms with Crippen molar-refractivity contribution in [3.63, 3.8) is 0 Å². The van der Waals surface area contributed by atoms with Crippen LogP contribution in [0.5, 0.6) is 0 Å². The van der Waals surface area contributed by atoms with Crippen LogP contribution in [0, 0.1) is 6.92 Å². The van der Waals surface area contributed by atoms with Gasteiger partial charge in [-0.1, -0.05) is 0 Å². The lowest BCUT2D eigenvalue weighted by molar-refractivity contribution is -0.123. The second-order valence-electron chi connectivity index (χ2n) is 3.12. The minimum absolute atomic E-state index is 0.00699. The van der Waals surface area contributed by atoms with Gasteiger partial charge in [0.25, 0.3) is 5.91 Å². The molecule has 0 unspecified atom stereocenters. The Morgan fingerprint density at radius 2 is 2.19 bits per heavy atom. The van der Waals surface area contributed by atoms with Crippen LogP contribution in [0.3, 0.4) is 0 Å². The molecule has 0 aliphatic rings. The van der Waals surface area contributed by atoms with Crippen LogP contribution >= 0.6 is 15.9 Å². The summed E-state index contributed by atoms with van der Waals surface area (Å²) >= 11 is 3.14. The van der Waals surface area contributed by atoms with E-state index in [9.17, 15) is 18.0 Å². The van der Waals surface area contributed by atoms with E-state index < -0.39 is 18.6 Å². The lowest BCUT2D eigenvalue weighted by Crippen LogP contribution is -2.34. The van der Waals surface area contributed by atoms with Crippen molar-refractivity contribution in [2.24, 2.45) is 0 Å². The van der Waals surface area contributed by atoms with Gasteiger partial charge >= 0.3 is 6.18 Å². The van der Waals surface area contributed by atoms with Crippen molar-refractivity contribution in [3.05, 3.63) is 28.0 Å². The van der Waals surface area contributed by atoms with Gasteiger partial charge in [0.2, 0.25) is 0 Å². The van der Waals surface area contributed by atoms with Gasteiger partial charge in [-0.15, -0.1) is 0 Å². The molecular formula is C9H8BrF3N2O. The van der Waals surface area contributed by atoms with Crippen molar-refractivity contribution >= 4 is 21.8 Å². The average molecular weight is 297 g/mol. The fourth-order valence-electron chi connectivity index (χ4n) is 1.04. The molecule has 16 heavy (non-hydrogen) atoms. The fourth-order valence-corrected chi connectivity index (χ4v) is 1.49. The normalized spacial score (nSPS) is 11.3. The van der Waals surface area contributed by atoms with Gasteiger partial charge < -0.3 is 5.32 Å². The maximum Gasteiger partial charge on any atom is 0.405 e. The van der Waals surface area contributed by atoms with Crippen LogP contribution in [0.15, 0.2) is 16.7 Å². The summed E-state index contributed by atoms with van der Waals surface area (Å²) in [6.07, 6.45) is -3.06. The van der Waals surface area contributed by atoms with Crippen molar-refractivity contribution < 1.29 is 18.0 Å². The fraction of sp³-hybridized carbons (Fsp3) is 0.333. The number of halogens is 4. The van der Waals surface area contributed by atoms with Crippen LogP contribution in [-0.2, 0) is 0 Å². The van der Waals surface area contributed by atoms with E-state index in [1.165, 1.54) is 6.20 Å². The summed E-state index contributed by atoms with van der Waals surface area (Å²) in [7, 11) is 0. The zero-order valence-corrected chi connectivity index (χ0v) is 9.82. The van der Waals surface area contributed by atoms with Crippen molar-refractivity contribution in [2.75, 3.05) is 6.54 Å². The quantitative estimate of drug-likeness (QED) is 0.911. The molecule has 0 spiro atoms. The van der Waals surface area contributed by atoms with Crippen molar-refractivity contribution in [1.82, 2.24) is 10.3 Å². The minimum Gasteiger partial charge on any atom is -0.342 e. The number of rotatable bonds is 2. The second kappa shape index (κ2) is 4.82. The molecule has 0 radical (unpaired) electrons. The maximum atomic E-state index is 11.9. The Labute approximate surface area is 98.2 Å². The topological polar surface area (TPSA) is 42.0 Å². The highest BCUT2D eigenvalue weighted by molar-refractivity contribution is 9.10. The first kappa shape index (κ1) is 13.0. The Morgan fingerprint density at radius 1 is 1.56 bits per heavy atom. The van der Waals surface area contributed by atoms with E-state index in [2.05, 4.69) is 20.9 Å². The van der Waals surface area contributed by atoms with Gasteiger partial charge in [-0.25, -0.2) is 4.98 Å². The van der Waals surface area contributed by atoms with Crippen LogP contribution in [0.1, 0.15) is 16.1 Å². The molecular weight excluding hydrogens is 289 g/mol. The summed E-state index contributed by atoms with van der Waals surface area (Å²) < 4.78 is 36.2. The molecule has 0 saturated carbocycles. The van der Waals surface area contributed by atoms with Crippen LogP contribution < -0.4 is 5.32 Å². The lowest BCUT2D eigenvalue weighted by atomic mass is 10.2. The number of nitrogens with zero attached hydrogens (tertiary/aromatic N) is 1. The molecule has 0 saturated heterocycles. The van der Waals surface area contributed by atoms with E-state index in [4.69, 9.17) is 0 Å². The summed E-state index contributed by atoms with van der Waals surface area (Å²) in [5, 5.41) is 1.76. The van der Waals surface area contributed by atoms with Gasteiger partial charge in [0.15, 0.2) is 0 Å². The van der Waals surface area contributed by atoms with Crippen LogP contribution in [0.25, 0.3) is 0 Å². The summed E-state index contributed by atoms with van der Waals surface area (Å²) in [6, 6.07) is 1.61. The standard InChI is InChI=1S/C9H8BrF3N2O/c1-5-2-6(10)3-14-7(5)8(16)15-4-9(11,12)13/h2-3H,4H2,1H3,(H,15,16). The molecule has 0 fully saturated rings. The average Bonchev–Trinajstić information content (AvgIpc) is 2.13. The number of hydrogen-bond donors (Lipinski definition) is 1. The number of aryl methyl sites for hydroxylation is 1. The highest BCUT2D eigenvalue weighted by atomic mass is 79.9. The van der Waals surface area contributed by atoms with Crippen molar-refractivity contribution in [2.45, 2.75) is 13.1 Å². The Bertz CT molecular complexity index is 406. The van der Waals surface area contributed by atoms with Crippen LogP contribution in [0.4, 0.5) is 13.2 Å². The van der Waals surface area contributed by atoms with E-state index in [1.54, 1.807) is 18.3 Å². The molecule has 1 aromatic heterocycles. The Balaban J connectivity index is 2.74. The largest absolute Gasteiger partial charge is 0.405 e. The van der Waals surface area contributed by atoms with Crippen molar-refractivity contribution in [3.8, 4) is 0 Å². The molecule has 0 aliphatic carbocycles. The third-order valence-electron chi connectivity index (χ3n) is 1.71. The van der Waals surface area contributed by atoms with Crippen LogP contribution in [-0.4, -0.2) is 23.6 Å². The van der Waals surface area contributed by atoms with Gasteiger partial charge in [0, 0.05) is 10.7 Å². The summed E-state index contributed by atoms with van der Waals surface area (Å²) in [5.74, 6) is -0.831. The molecule has 0 atom stereocenters. The van der Waals surface area contributed by atoms with Gasteiger partial charge in [0.05, 0.1) is 0 Å². The Hall–Kier alpha value is -1.11. The second-order valence-corrected chi connectivity index (χ2v) is 4.03. The first-order chi connectivity index (χ1) is 7.29. The number of aromatic nitrogens is 1. The number of carbonyl (C=O) groups is 1. The molecule has 1 rings (SSSR count). The van der Waals surface area contributed by atoms with E-state index in [0.29, 0.717) is 10.0 Å². The van der Waals surface area contributed by atoms with Gasteiger partial charge in [-0.2, -0.15) is 13.2 Å². The minimum atomic E-state index is -4.42. The number of carbonyl (C=O) groups excluding carboxylic acids is 1. The SMILES string of the molecule is Cc1cc(Br)cnc1C(=O)NCC(F)(F)F. The predicted octanol–water partition coefficient (Wildman–Crippen LogP) is 2.44. The molecule has 0 bridgehead atoms. The zero-order chi connectivity index (χ0) is 12.3. The molecule has 88 valence electrons. The number of amides is 1. The number of nitrogens with one attached hydrogen (secondary N) is 1. The predicted molar refractivity (Wildman–Crippen MR) is 55.1 cm³/mol. The van der Waals surface area contributed by atoms with E-state index in [1.807, 2.05) is 0 Å². The monoisotopic (exact) mass is 296 g/mol. The van der Waals surface area contributed by atoms with Gasteiger partial charge in [-0.05, 0) is 34.5 Å². The molecule has 1 N–H and O–H groups in total. The first-order valence-electron chi connectivity index (χ1n) is 4.26. The highest BCUT2D eigenvalue weighted by Gasteiger charge is 2.28. The molecule has 7 heteroatoms. The van der Waals surface area contributed by atoms with E-state index in [0.717, 1.165) is 0 Å². The smallest absolute Gasteiger partial charge is 0.342 e. The molecule has 3 nitrogen and oxygen atoms in total. The molecule has 0 aliphatic heterocycles. The van der Waals surface area contributed by atoms with Gasteiger partial charge in [-0.3, -0.25) is 4.79 Å². The zero-order valence-electron chi connectivity index (χ0n) is 8.23. The Morgan fingerprint density at radius 3 is 2.69 bits per heavy atom. The molecule has 1 heterocycles. The summed E-state index contributed by atoms with van der Waals surface area (Å²) in [5.41, 5.74) is 0.501. The first-order valence-corrected chi connectivity index (χ1v) is 5.06. The number of hydrogen-bond acceptors (Lipinski definition) is 2. The lowest BCUT2D eigenvalue weighted by Gasteiger charge is -2.09. The third-order valence-corrected chi connectivity index (χ3v) is 2.14. The van der Waals surface area contributed by atoms with Gasteiger partial charge in [0.1, 0.15) is 12.2 Å². The molecule has 1 aromatic rings. The van der Waals surface area contributed by atoms with E-state index >= 15 is 0 Å². The third kappa shape index (κ3) is 3.80. The molecule has 1 amide bonds. The molecule has 0 aromatic carbocycles. The summed E-state index contributed by atoms with van der Waals surface area (Å²) in [6.45, 7) is 0.239. The van der Waals surface area contributed by atoms with Crippen LogP contribution in [0.2, 0.25) is 0 Å². The van der Waals surface area contributed by atoms with Crippen molar-refractivity contribution in [1.29, 1.82) is 0 Å². The highest BCUT2D eigenvalue weighted by Crippen LogP contribution is 2.15. The summed E-state index contributed by atoms with van der Waals surface area (Å²) in [4.78, 5) is 15.1. The number of alkyl halides is 3. The Kier molecular flexibility index (Phi) is 3.90. The number of pyridine rings is 1. The van der Waals surface area contributed by atoms with E-state index in [-0.39, 0.29) is 5.69 Å². The maximum absolute atomic E-state index is 11.9.